The van der Waals surface area contributed by atoms with Gasteiger partial charge in [0.15, 0.2) is 6.10 Å². The predicted molar refractivity (Wildman–Crippen MR) is 66.7 cm³/mol. The fraction of sp³-hybridized carbons (Fsp3) is 0.846. The quantitative estimate of drug-likeness (QED) is 0.751. The summed E-state index contributed by atoms with van der Waals surface area (Å²) >= 11 is 0. The summed E-state index contributed by atoms with van der Waals surface area (Å²) in [4.78, 5) is 11.6. The lowest BCUT2D eigenvalue weighted by atomic mass is 9.80. The van der Waals surface area contributed by atoms with Gasteiger partial charge in [-0.15, -0.1) is 0 Å². The Morgan fingerprint density at radius 3 is 2.56 bits per heavy atom. The Morgan fingerprint density at radius 1 is 1.56 bits per heavy atom. The van der Waals surface area contributed by atoms with Gasteiger partial charge in [-0.3, -0.25) is 0 Å². The maximum absolute atomic E-state index is 11.6. The third kappa shape index (κ3) is 4.92. The molecular formula is C13H22N2O3. The first-order valence-electron chi connectivity index (χ1n) is 6.39. The lowest BCUT2D eigenvalue weighted by Crippen LogP contribution is -2.46. The first kappa shape index (κ1) is 14.8. The Labute approximate surface area is 108 Å². The molecule has 0 aliphatic heterocycles. The number of aliphatic hydroxyl groups is 1. The zero-order chi connectivity index (χ0) is 13.8. The number of rotatable bonds is 4. The van der Waals surface area contributed by atoms with Crippen LogP contribution >= 0.6 is 0 Å². The van der Waals surface area contributed by atoms with Crippen LogP contribution < -0.4 is 5.32 Å². The van der Waals surface area contributed by atoms with Gasteiger partial charge in [-0.05, 0) is 33.1 Å². The minimum Gasteiger partial charge on any atom is -0.444 e. The zero-order valence-corrected chi connectivity index (χ0v) is 11.3. The number of alkyl carbamates (subject to hydrolysis) is 1. The summed E-state index contributed by atoms with van der Waals surface area (Å²) in [5.74, 6) is 0.493. The van der Waals surface area contributed by atoms with E-state index in [4.69, 9.17) is 10.00 Å². The zero-order valence-electron chi connectivity index (χ0n) is 11.3. The Bertz CT molecular complexity index is 326. The molecule has 0 aromatic carbocycles. The Kier molecular flexibility index (Phi) is 4.97. The molecular weight excluding hydrogens is 232 g/mol. The fourth-order valence-corrected chi connectivity index (χ4v) is 1.90. The number of carbonyl (C=O) groups is 1. The summed E-state index contributed by atoms with van der Waals surface area (Å²) in [6, 6.07) is 1.23. The average Bonchev–Trinajstić information content (AvgIpc) is 2.17. The van der Waals surface area contributed by atoms with Crippen molar-refractivity contribution in [3.8, 4) is 6.07 Å². The number of nitrogens with zero attached hydrogens (tertiary/aromatic N) is 1. The number of nitriles is 1. The molecule has 1 aliphatic carbocycles. The van der Waals surface area contributed by atoms with Crippen LogP contribution in [0.25, 0.3) is 0 Å². The molecule has 1 saturated carbocycles. The van der Waals surface area contributed by atoms with Gasteiger partial charge < -0.3 is 15.2 Å². The normalized spacial score (nSPS) is 19.3. The van der Waals surface area contributed by atoms with E-state index in [0.29, 0.717) is 12.3 Å². The molecule has 2 N–H and O–H groups in total. The van der Waals surface area contributed by atoms with Crippen molar-refractivity contribution in [2.75, 3.05) is 0 Å². The highest BCUT2D eigenvalue weighted by atomic mass is 16.6. The van der Waals surface area contributed by atoms with Crippen molar-refractivity contribution >= 4 is 6.09 Å². The molecule has 0 heterocycles. The summed E-state index contributed by atoms with van der Waals surface area (Å²) in [5, 5.41) is 21.0. The average molecular weight is 254 g/mol. The smallest absolute Gasteiger partial charge is 0.407 e. The number of ether oxygens (including phenoxy) is 1. The molecule has 5 nitrogen and oxygen atoms in total. The maximum atomic E-state index is 11.6. The lowest BCUT2D eigenvalue weighted by Gasteiger charge is -2.31. The standard InChI is InChI=1S/C13H22N2O3/c1-13(2,3)18-12(17)15-10(11(16)8-14)7-9-5-4-6-9/h9-11,16H,4-7H2,1-3H3,(H,15,17)/t10-,11-/m0/s1. The molecule has 0 aromatic rings. The summed E-state index contributed by atoms with van der Waals surface area (Å²) in [5.41, 5.74) is -0.581. The minimum absolute atomic E-state index is 0.493. The number of amides is 1. The van der Waals surface area contributed by atoms with Gasteiger partial charge in [0.1, 0.15) is 5.60 Å². The summed E-state index contributed by atoms with van der Waals surface area (Å²) < 4.78 is 5.13. The SMILES string of the molecule is CC(C)(C)OC(=O)N[C@@H](CC1CCC1)[C@@H](O)C#N. The first-order valence-corrected chi connectivity index (χ1v) is 6.39. The molecule has 5 heteroatoms. The molecule has 0 bridgehead atoms. The third-order valence-corrected chi connectivity index (χ3v) is 3.03. The van der Waals surface area contributed by atoms with E-state index < -0.39 is 23.8 Å². The third-order valence-electron chi connectivity index (χ3n) is 3.03. The van der Waals surface area contributed by atoms with Crippen LogP contribution in [0.4, 0.5) is 4.79 Å². The van der Waals surface area contributed by atoms with Gasteiger partial charge >= 0.3 is 6.09 Å². The Morgan fingerprint density at radius 2 is 2.17 bits per heavy atom. The largest absolute Gasteiger partial charge is 0.444 e. The van der Waals surface area contributed by atoms with Gasteiger partial charge in [0, 0.05) is 0 Å². The second-order valence-electron chi connectivity index (χ2n) is 5.86. The van der Waals surface area contributed by atoms with Gasteiger partial charge in [-0.25, -0.2) is 4.79 Å². The highest BCUT2D eigenvalue weighted by molar-refractivity contribution is 5.68. The van der Waals surface area contributed by atoms with Crippen LogP contribution in [-0.2, 0) is 4.74 Å². The fourth-order valence-electron chi connectivity index (χ4n) is 1.90. The van der Waals surface area contributed by atoms with Crippen molar-refractivity contribution in [3.05, 3.63) is 0 Å². The monoisotopic (exact) mass is 254 g/mol. The van der Waals surface area contributed by atoms with Crippen LogP contribution in [0.3, 0.4) is 0 Å². The highest BCUT2D eigenvalue weighted by Gasteiger charge is 2.29. The number of aliphatic hydroxyl groups excluding tert-OH is 1. The summed E-state index contributed by atoms with van der Waals surface area (Å²) in [7, 11) is 0. The molecule has 1 fully saturated rings. The van der Waals surface area contributed by atoms with Crippen LogP contribution in [0.2, 0.25) is 0 Å². The second-order valence-corrected chi connectivity index (χ2v) is 5.86. The predicted octanol–water partition coefficient (Wildman–Crippen LogP) is 1.95. The van der Waals surface area contributed by atoms with E-state index in [9.17, 15) is 9.90 Å². The second kappa shape index (κ2) is 6.05. The van der Waals surface area contributed by atoms with E-state index in [1.807, 2.05) is 0 Å². The minimum atomic E-state index is -1.18. The molecule has 0 radical (unpaired) electrons. The van der Waals surface area contributed by atoms with Crippen LogP contribution in [0.15, 0.2) is 0 Å². The van der Waals surface area contributed by atoms with Crippen molar-refractivity contribution in [2.24, 2.45) is 5.92 Å². The maximum Gasteiger partial charge on any atom is 0.407 e. The highest BCUT2D eigenvalue weighted by Crippen LogP contribution is 2.31. The van der Waals surface area contributed by atoms with Crippen molar-refractivity contribution in [1.82, 2.24) is 5.32 Å². The van der Waals surface area contributed by atoms with E-state index in [2.05, 4.69) is 5.32 Å². The van der Waals surface area contributed by atoms with Crippen LogP contribution in [0.5, 0.6) is 0 Å². The summed E-state index contributed by atoms with van der Waals surface area (Å²) in [6.07, 6.45) is 2.26. The topological polar surface area (TPSA) is 82.3 Å². The van der Waals surface area contributed by atoms with E-state index in [1.165, 1.54) is 6.42 Å². The Hall–Kier alpha value is -1.28. The van der Waals surface area contributed by atoms with Gasteiger partial charge in [-0.2, -0.15) is 5.26 Å². The van der Waals surface area contributed by atoms with Gasteiger partial charge in [-0.1, -0.05) is 19.3 Å². The van der Waals surface area contributed by atoms with Crippen molar-refractivity contribution in [2.45, 2.75) is 64.2 Å². The van der Waals surface area contributed by atoms with E-state index in [0.717, 1.165) is 12.8 Å². The van der Waals surface area contributed by atoms with Crippen LogP contribution in [-0.4, -0.2) is 28.9 Å². The molecule has 0 spiro atoms. The van der Waals surface area contributed by atoms with E-state index in [1.54, 1.807) is 26.8 Å². The molecule has 0 saturated heterocycles. The van der Waals surface area contributed by atoms with Crippen molar-refractivity contribution in [3.63, 3.8) is 0 Å². The molecule has 0 unspecified atom stereocenters. The number of nitrogens with one attached hydrogen (secondary N) is 1. The molecule has 1 amide bonds. The van der Waals surface area contributed by atoms with E-state index in [-0.39, 0.29) is 0 Å². The van der Waals surface area contributed by atoms with Gasteiger partial charge in [0.25, 0.3) is 0 Å². The molecule has 0 aromatic heterocycles. The molecule has 102 valence electrons. The van der Waals surface area contributed by atoms with Gasteiger partial charge in [0.05, 0.1) is 12.1 Å². The number of hydrogen-bond acceptors (Lipinski definition) is 4. The van der Waals surface area contributed by atoms with Gasteiger partial charge in [0.2, 0.25) is 0 Å². The molecule has 1 aliphatic rings. The van der Waals surface area contributed by atoms with Crippen molar-refractivity contribution < 1.29 is 14.6 Å². The Balaban J connectivity index is 2.49. The van der Waals surface area contributed by atoms with E-state index >= 15 is 0 Å². The van der Waals surface area contributed by atoms with Crippen LogP contribution in [0.1, 0.15) is 46.5 Å². The number of carbonyl (C=O) groups excluding carboxylic acids is 1. The molecule has 18 heavy (non-hydrogen) atoms. The molecule has 2 atom stereocenters. The summed E-state index contributed by atoms with van der Waals surface area (Å²) in [6.45, 7) is 5.32. The lowest BCUT2D eigenvalue weighted by molar-refractivity contribution is 0.0432. The number of hydrogen-bond donors (Lipinski definition) is 2. The van der Waals surface area contributed by atoms with Crippen LogP contribution in [0, 0.1) is 17.2 Å². The first-order chi connectivity index (χ1) is 8.31. The van der Waals surface area contributed by atoms with Crippen molar-refractivity contribution in [1.29, 1.82) is 5.26 Å². The molecule has 1 rings (SSSR count).